The Morgan fingerprint density at radius 2 is 1.88 bits per heavy atom. The maximum Gasteiger partial charge on any atom is 0.246 e. The molecule has 3 unspecified atom stereocenters. The summed E-state index contributed by atoms with van der Waals surface area (Å²) in [6.07, 6.45) is 10.2. The largest absolute Gasteiger partial charge is 0.511 e. The van der Waals surface area contributed by atoms with Crippen molar-refractivity contribution in [3.05, 3.63) is 11.3 Å². The second-order valence-electron chi connectivity index (χ2n) is 10.6. The Morgan fingerprint density at radius 1 is 1.16 bits per heavy atom. The quantitative estimate of drug-likeness (QED) is 0.499. The van der Waals surface area contributed by atoms with Gasteiger partial charge in [-0.1, -0.05) is 34.1 Å². The van der Waals surface area contributed by atoms with Crippen LogP contribution in [0, 0.1) is 23.2 Å². The number of nitrogens with one attached hydrogen (secondary N) is 1. The number of amides is 1. The highest BCUT2D eigenvalue weighted by Crippen LogP contribution is 2.43. The third-order valence-corrected chi connectivity index (χ3v) is 8.16. The van der Waals surface area contributed by atoms with Crippen LogP contribution in [0.2, 0.25) is 0 Å². The van der Waals surface area contributed by atoms with Crippen molar-refractivity contribution in [1.29, 1.82) is 0 Å². The summed E-state index contributed by atoms with van der Waals surface area (Å²) in [5.74, 6) is 0.419. The first-order chi connectivity index (χ1) is 15.3. The Hall–Kier alpha value is -1.69. The zero-order valence-electron chi connectivity index (χ0n) is 20.4. The fourth-order valence-electron chi connectivity index (χ4n) is 5.62. The van der Waals surface area contributed by atoms with Crippen molar-refractivity contribution in [1.82, 2.24) is 5.32 Å². The van der Waals surface area contributed by atoms with Crippen LogP contribution in [-0.2, 0) is 14.3 Å². The fraction of sp³-hybridized carbons (Fsp3) is 0.808. The molecule has 0 heterocycles. The zero-order valence-corrected chi connectivity index (χ0v) is 20.4. The number of rotatable bonds is 9. The van der Waals surface area contributed by atoms with Crippen molar-refractivity contribution < 1.29 is 19.4 Å². The molecule has 3 atom stereocenters. The SMILES string of the molecule is CCCN=CC1=C(O)C2CC(NC(=O)COC3CCC(C(C)(C)CC)CC3)CCC2C1=O. The van der Waals surface area contributed by atoms with Crippen LogP contribution in [0.15, 0.2) is 16.3 Å². The van der Waals surface area contributed by atoms with Crippen molar-refractivity contribution in [2.45, 2.75) is 97.6 Å². The van der Waals surface area contributed by atoms with Gasteiger partial charge in [0.25, 0.3) is 0 Å². The third kappa shape index (κ3) is 5.81. The molecule has 0 aromatic heterocycles. The normalized spacial score (nSPS) is 31.2. The van der Waals surface area contributed by atoms with Gasteiger partial charge in [0.2, 0.25) is 5.91 Å². The molecule has 0 radical (unpaired) electrons. The molecule has 3 rings (SSSR count). The number of allylic oxidation sites excluding steroid dienone is 2. The average molecular weight is 447 g/mol. The van der Waals surface area contributed by atoms with E-state index < -0.39 is 0 Å². The van der Waals surface area contributed by atoms with E-state index in [9.17, 15) is 14.7 Å². The first-order valence-corrected chi connectivity index (χ1v) is 12.6. The average Bonchev–Trinajstić information content (AvgIpc) is 3.02. The standard InChI is InChI=1S/C26H42N2O4/c1-5-13-27-15-22-24(30)20-12-9-18(14-21(20)25(22)31)28-23(29)16-32-19-10-7-17(8-11-19)26(3,4)6-2/h15,17-21,31H,5-14,16H2,1-4H3,(H,28,29). The Balaban J connectivity index is 1.44. The lowest BCUT2D eigenvalue weighted by Gasteiger charge is -2.38. The number of carbonyl (C=O) groups is 2. The summed E-state index contributed by atoms with van der Waals surface area (Å²) in [5, 5.41) is 13.7. The van der Waals surface area contributed by atoms with Crippen LogP contribution in [0.1, 0.15) is 85.5 Å². The van der Waals surface area contributed by atoms with Crippen LogP contribution in [0.5, 0.6) is 0 Å². The first-order valence-electron chi connectivity index (χ1n) is 12.6. The molecule has 0 bridgehead atoms. The molecule has 0 spiro atoms. The Bertz CT molecular complexity index is 734. The van der Waals surface area contributed by atoms with Crippen molar-refractivity contribution in [2.75, 3.05) is 13.2 Å². The second-order valence-corrected chi connectivity index (χ2v) is 10.6. The number of ketones is 1. The maximum atomic E-state index is 12.6. The summed E-state index contributed by atoms with van der Waals surface area (Å²) in [6.45, 7) is 9.73. The predicted octanol–water partition coefficient (Wildman–Crippen LogP) is 4.77. The molecule has 6 heteroatoms. The molecule has 1 amide bonds. The van der Waals surface area contributed by atoms with Gasteiger partial charge in [-0.25, -0.2) is 0 Å². The van der Waals surface area contributed by atoms with Crippen molar-refractivity contribution in [3.63, 3.8) is 0 Å². The molecule has 6 nitrogen and oxygen atoms in total. The Kier molecular flexibility index (Phi) is 8.54. The molecule has 2 fully saturated rings. The number of Topliss-reactive ketones (excluding diaryl/α,β-unsaturated/α-hetero) is 1. The van der Waals surface area contributed by atoms with Crippen LogP contribution < -0.4 is 5.32 Å². The molecule has 180 valence electrons. The fourth-order valence-corrected chi connectivity index (χ4v) is 5.62. The van der Waals surface area contributed by atoms with Gasteiger partial charge in [0, 0.05) is 30.6 Å². The summed E-state index contributed by atoms with van der Waals surface area (Å²) >= 11 is 0. The number of aliphatic hydroxyl groups is 1. The van der Waals surface area contributed by atoms with Gasteiger partial charge in [0.05, 0.1) is 11.7 Å². The van der Waals surface area contributed by atoms with E-state index in [1.54, 1.807) is 0 Å². The number of fused-ring (bicyclic) bond motifs is 1. The Morgan fingerprint density at radius 3 is 2.53 bits per heavy atom. The summed E-state index contributed by atoms with van der Waals surface area (Å²) in [7, 11) is 0. The van der Waals surface area contributed by atoms with Gasteiger partial charge in [-0.05, 0) is 62.7 Å². The lowest BCUT2D eigenvalue weighted by Crippen LogP contribution is -2.43. The predicted molar refractivity (Wildman–Crippen MR) is 127 cm³/mol. The maximum absolute atomic E-state index is 12.6. The number of hydrogen-bond donors (Lipinski definition) is 2. The molecule has 2 saturated carbocycles. The van der Waals surface area contributed by atoms with Crippen LogP contribution in [-0.4, -0.2) is 48.3 Å². The van der Waals surface area contributed by atoms with Crippen LogP contribution >= 0.6 is 0 Å². The topological polar surface area (TPSA) is 88.0 Å². The number of aliphatic hydroxyl groups excluding tert-OH is 1. The van der Waals surface area contributed by atoms with E-state index in [1.165, 1.54) is 25.5 Å². The molecular formula is C26H42N2O4. The van der Waals surface area contributed by atoms with Crippen molar-refractivity contribution >= 4 is 17.9 Å². The molecule has 0 aromatic carbocycles. The second kappa shape index (κ2) is 11.0. The van der Waals surface area contributed by atoms with Crippen molar-refractivity contribution in [2.24, 2.45) is 28.2 Å². The van der Waals surface area contributed by atoms with E-state index in [1.807, 2.05) is 6.92 Å². The van der Waals surface area contributed by atoms with E-state index in [2.05, 4.69) is 31.1 Å². The summed E-state index contributed by atoms with van der Waals surface area (Å²) in [4.78, 5) is 29.4. The van der Waals surface area contributed by atoms with E-state index in [4.69, 9.17) is 4.74 Å². The highest BCUT2D eigenvalue weighted by atomic mass is 16.5. The van der Waals surface area contributed by atoms with Gasteiger partial charge < -0.3 is 15.2 Å². The van der Waals surface area contributed by atoms with Crippen LogP contribution in [0.25, 0.3) is 0 Å². The minimum absolute atomic E-state index is 0.00214. The molecule has 32 heavy (non-hydrogen) atoms. The zero-order chi connectivity index (χ0) is 23.3. The molecule has 2 N–H and O–H groups in total. The molecule has 3 aliphatic carbocycles. The molecule has 3 aliphatic rings. The molecule has 0 aliphatic heterocycles. The van der Waals surface area contributed by atoms with Gasteiger partial charge in [-0.3, -0.25) is 14.6 Å². The van der Waals surface area contributed by atoms with E-state index in [-0.39, 0.29) is 48.0 Å². The smallest absolute Gasteiger partial charge is 0.246 e. The summed E-state index contributed by atoms with van der Waals surface area (Å²) in [6, 6.07) is -0.0321. The van der Waals surface area contributed by atoms with E-state index >= 15 is 0 Å². The monoisotopic (exact) mass is 446 g/mol. The highest BCUT2D eigenvalue weighted by molar-refractivity contribution is 6.16. The van der Waals surface area contributed by atoms with Gasteiger partial charge in [-0.2, -0.15) is 0 Å². The minimum atomic E-state index is -0.206. The summed E-state index contributed by atoms with van der Waals surface area (Å²) < 4.78 is 5.94. The number of nitrogens with zero attached hydrogens (tertiary/aromatic N) is 1. The number of aliphatic imine (C=N–C) groups is 1. The van der Waals surface area contributed by atoms with E-state index in [0.717, 1.165) is 31.6 Å². The lowest BCUT2D eigenvalue weighted by atomic mass is 9.69. The van der Waals surface area contributed by atoms with Gasteiger partial charge >= 0.3 is 0 Å². The van der Waals surface area contributed by atoms with Gasteiger partial charge in [-0.15, -0.1) is 0 Å². The third-order valence-electron chi connectivity index (χ3n) is 8.16. The number of ether oxygens (including phenoxy) is 1. The number of hydrogen-bond acceptors (Lipinski definition) is 5. The lowest BCUT2D eigenvalue weighted by molar-refractivity contribution is -0.130. The van der Waals surface area contributed by atoms with Crippen LogP contribution in [0.3, 0.4) is 0 Å². The highest BCUT2D eigenvalue weighted by Gasteiger charge is 2.45. The molecule has 0 saturated heterocycles. The van der Waals surface area contributed by atoms with Crippen molar-refractivity contribution in [3.8, 4) is 0 Å². The molecular weight excluding hydrogens is 404 g/mol. The van der Waals surface area contributed by atoms with Gasteiger partial charge in [0.15, 0.2) is 5.78 Å². The minimum Gasteiger partial charge on any atom is -0.511 e. The summed E-state index contributed by atoms with van der Waals surface area (Å²) in [5.41, 5.74) is 0.746. The number of carbonyl (C=O) groups excluding carboxylic acids is 2. The van der Waals surface area contributed by atoms with E-state index in [0.29, 0.717) is 30.4 Å². The van der Waals surface area contributed by atoms with Gasteiger partial charge in [0.1, 0.15) is 12.4 Å². The van der Waals surface area contributed by atoms with Crippen LogP contribution in [0.4, 0.5) is 0 Å². The molecule has 0 aromatic rings. The first kappa shape index (κ1) is 24.9. The Labute approximate surface area is 193 Å².